The topological polar surface area (TPSA) is 107 Å². The Balaban J connectivity index is 1.38. The van der Waals surface area contributed by atoms with E-state index in [9.17, 15) is 14.9 Å². The van der Waals surface area contributed by atoms with Crippen molar-refractivity contribution in [1.29, 1.82) is 0 Å². The number of carbonyl (C=O) groups excluding carboxylic acids is 1. The summed E-state index contributed by atoms with van der Waals surface area (Å²) >= 11 is 10.3. The Hall–Kier alpha value is -3.02. The summed E-state index contributed by atoms with van der Waals surface area (Å²) in [6.45, 7) is 0.175. The Morgan fingerprint density at radius 1 is 1.09 bits per heavy atom. The molecule has 0 aliphatic heterocycles. The van der Waals surface area contributed by atoms with Crippen LogP contribution in [-0.4, -0.2) is 17.0 Å². The van der Waals surface area contributed by atoms with Crippen LogP contribution in [0.25, 0.3) is 11.0 Å². The Kier molecular flexibility index (Phi) is 7.44. The number of hydrogen-bond acceptors (Lipinski definition) is 6. The Morgan fingerprint density at radius 2 is 1.91 bits per heavy atom. The highest BCUT2D eigenvalue weighted by atomic mass is 79.9. The number of furan rings is 1. The number of carbonyl (C=O) groups is 1. The fraction of sp³-hybridized carbons (Fsp3) is 0.0435. The summed E-state index contributed by atoms with van der Waals surface area (Å²) in [6, 6.07) is 16.9. The predicted molar refractivity (Wildman–Crippen MR) is 138 cm³/mol. The molecule has 0 saturated heterocycles. The van der Waals surface area contributed by atoms with Gasteiger partial charge in [0.2, 0.25) is 0 Å². The molecule has 3 aromatic carbocycles. The van der Waals surface area contributed by atoms with Gasteiger partial charge in [0.1, 0.15) is 17.9 Å². The highest BCUT2D eigenvalue weighted by molar-refractivity contribution is 9.11. The molecule has 11 heteroatoms. The minimum Gasteiger partial charge on any atom is -0.488 e. The van der Waals surface area contributed by atoms with Gasteiger partial charge >= 0.3 is 5.91 Å². The third kappa shape index (κ3) is 5.72. The number of fused-ring (bicyclic) bond motifs is 1. The fourth-order valence-electron chi connectivity index (χ4n) is 3.04. The first kappa shape index (κ1) is 24.1. The molecule has 1 aromatic heterocycles. The van der Waals surface area contributed by atoms with Crippen molar-refractivity contribution in [3.63, 3.8) is 0 Å². The second kappa shape index (κ2) is 10.5. The molecule has 0 saturated carbocycles. The molecule has 0 unspecified atom stereocenters. The highest BCUT2D eigenvalue weighted by Crippen LogP contribution is 2.31. The highest BCUT2D eigenvalue weighted by Gasteiger charge is 2.14. The van der Waals surface area contributed by atoms with E-state index < -0.39 is 10.8 Å². The first-order valence-corrected chi connectivity index (χ1v) is 12.1. The molecule has 0 atom stereocenters. The number of nitro benzene ring substituents is 1. The predicted octanol–water partition coefficient (Wildman–Crippen LogP) is 6.97. The summed E-state index contributed by atoms with van der Waals surface area (Å²) in [7, 11) is 0. The lowest BCUT2D eigenvalue weighted by Crippen LogP contribution is -2.16. The van der Waals surface area contributed by atoms with E-state index in [4.69, 9.17) is 9.15 Å². The van der Waals surface area contributed by atoms with E-state index in [2.05, 4.69) is 58.3 Å². The third-order valence-corrected chi connectivity index (χ3v) is 6.28. The van der Waals surface area contributed by atoms with Crippen molar-refractivity contribution >= 4 is 76.6 Å². The van der Waals surface area contributed by atoms with Crippen LogP contribution in [0.15, 0.2) is 83.6 Å². The number of non-ortho nitro benzene ring substituents is 1. The molecular weight excluding hydrogens is 638 g/mol. The molecule has 1 N–H and O–H groups in total. The maximum atomic E-state index is 12.4. The zero-order valence-corrected chi connectivity index (χ0v) is 21.9. The van der Waals surface area contributed by atoms with E-state index in [-0.39, 0.29) is 18.1 Å². The summed E-state index contributed by atoms with van der Waals surface area (Å²) in [6.07, 6.45) is 1.49. The van der Waals surface area contributed by atoms with Crippen molar-refractivity contribution in [2.24, 2.45) is 5.10 Å². The Morgan fingerprint density at radius 3 is 2.68 bits per heavy atom. The monoisotopic (exact) mass is 649 g/mol. The van der Waals surface area contributed by atoms with Crippen LogP contribution in [0.4, 0.5) is 5.69 Å². The third-order valence-electron chi connectivity index (χ3n) is 4.61. The van der Waals surface area contributed by atoms with Gasteiger partial charge in [0.05, 0.1) is 20.1 Å². The van der Waals surface area contributed by atoms with Crippen molar-refractivity contribution in [2.45, 2.75) is 6.61 Å². The maximum absolute atomic E-state index is 12.4. The lowest BCUT2D eigenvalue weighted by Gasteiger charge is -2.09. The molecule has 8 nitrogen and oxygen atoms in total. The molecule has 0 aliphatic rings. The fourth-order valence-corrected chi connectivity index (χ4v) is 4.89. The molecule has 34 heavy (non-hydrogen) atoms. The van der Waals surface area contributed by atoms with E-state index >= 15 is 0 Å². The van der Waals surface area contributed by atoms with Crippen LogP contribution < -0.4 is 10.2 Å². The van der Waals surface area contributed by atoms with Gasteiger partial charge in [-0.2, -0.15) is 5.10 Å². The number of nitro groups is 1. The average Bonchev–Trinajstić information content (AvgIpc) is 3.23. The van der Waals surface area contributed by atoms with Gasteiger partial charge in [-0.3, -0.25) is 14.9 Å². The smallest absolute Gasteiger partial charge is 0.307 e. The van der Waals surface area contributed by atoms with E-state index in [0.717, 1.165) is 14.3 Å². The van der Waals surface area contributed by atoms with Gasteiger partial charge in [-0.25, -0.2) is 5.43 Å². The summed E-state index contributed by atoms with van der Waals surface area (Å²) in [5.74, 6) is 0.218. The van der Waals surface area contributed by atoms with E-state index in [1.807, 2.05) is 12.1 Å². The number of nitrogens with one attached hydrogen (secondary N) is 1. The van der Waals surface area contributed by atoms with Crippen molar-refractivity contribution in [2.75, 3.05) is 0 Å². The molecule has 0 spiro atoms. The van der Waals surface area contributed by atoms with Gasteiger partial charge in [-0.1, -0.05) is 28.1 Å². The van der Waals surface area contributed by atoms with Crippen LogP contribution in [-0.2, 0) is 6.61 Å². The molecule has 4 rings (SSSR count). The molecule has 172 valence electrons. The lowest BCUT2D eigenvalue weighted by atomic mass is 10.2. The first-order chi connectivity index (χ1) is 16.3. The van der Waals surface area contributed by atoms with Gasteiger partial charge in [0.15, 0.2) is 5.76 Å². The van der Waals surface area contributed by atoms with Crippen LogP contribution >= 0.6 is 47.8 Å². The van der Waals surface area contributed by atoms with Crippen molar-refractivity contribution in [1.82, 2.24) is 5.43 Å². The number of amides is 1. The summed E-state index contributed by atoms with van der Waals surface area (Å²) in [4.78, 5) is 22.8. The second-order valence-electron chi connectivity index (χ2n) is 7.02. The number of hydrogen-bond donors (Lipinski definition) is 1. The molecule has 1 heterocycles. The van der Waals surface area contributed by atoms with Crippen molar-refractivity contribution < 1.29 is 18.9 Å². The number of rotatable bonds is 7. The first-order valence-electron chi connectivity index (χ1n) is 9.68. The van der Waals surface area contributed by atoms with E-state index in [1.54, 1.807) is 36.4 Å². The maximum Gasteiger partial charge on any atom is 0.307 e. The van der Waals surface area contributed by atoms with Crippen molar-refractivity contribution in [3.05, 3.63) is 101 Å². The minimum atomic E-state index is -0.480. The number of ether oxygens (including phenoxy) is 1. The van der Waals surface area contributed by atoms with Crippen LogP contribution in [0.5, 0.6) is 5.75 Å². The van der Waals surface area contributed by atoms with Gasteiger partial charge < -0.3 is 9.15 Å². The van der Waals surface area contributed by atoms with Crippen LogP contribution in [0.2, 0.25) is 0 Å². The zero-order valence-electron chi connectivity index (χ0n) is 17.1. The second-order valence-corrected chi connectivity index (χ2v) is 9.65. The number of halogens is 3. The molecule has 0 fully saturated rings. The van der Waals surface area contributed by atoms with Gasteiger partial charge in [0, 0.05) is 22.0 Å². The van der Waals surface area contributed by atoms with Crippen molar-refractivity contribution in [3.8, 4) is 5.75 Å². The Labute approximate surface area is 218 Å². The molecule has 0 aliphatic carbocycles. The van der Waals surface area contributed by atoms with Gasteiger partial charge in [-0.05, 0) is 79.4 Å². The molecule has 0 radical (unpaired) electrons. The van der Waals surface area contributed by atoms with E-state index in [1.165, 1.54) is 18.3 Å². The number of benzene rings is 3. The van der Waals surface area contributed by atoms with Gasteiger partial charge in [0.25, 0.3) is 5.69 Å². The number of hydrazone groups is 1. The average molecular weight is 652 g/mol. The molecule has 4 aromatic rings. The molecular formula is C23H14Br3N3O5. The summed E-state index contributed by atoms with van der Waals surface area (Å²) < 4.78 is 13.6. The largest absolute Gasteiger partial charge is 0.488 e. The summed E-state index contributed by atoms with van der Waals surface area (Å²) in [5, 5.41) is 15.7. The van der Waals surface area contributed by atoms with Crippen LogP contribution in [0.3, 0.4) is 0 Å². The molecule has 1 amide bonds. The van der Waals surface area contributed by atoms with Crippen LogP contribution in [0.1, 0.15) is 21.7 Å². The SMILES string of the molecule is O=C(N/N=C\c1ccc(OCc2cccc([N+](=O)[O-])c2)c(Br)c1)c1cc2cc(Br)cc(Br)c2o1. The minimum absolute atomic E-state index is 0.0110. The lowest BCUT2D eigenvalue weighted by molar-refractivity contribution is -0.384. The van der Waals surface area contributed by atoms with E-state index in [0.29, 0.717) is 26.9 Å². The standard InChI is InChI=1S/C23H14Br3N3O5/c24-16-8-15-9-21(34-22(15)19(26)10-16)23(30)28-27-11-13-4-5-20(18(25)7-13)33-12-14-2-1-3-17(6-14)29(31)32/h1-11H,12H2,(H,28,30)/b27-11-. The normalized spacial score (nSPS) is 11.1. The quantitative estimate of drug-likeness (QED) is 0.132. The van der Waals surface area contributed by atoms with Gasteiger partial charge in [-0.15, -0.1) is 0 Å². The van der Waals surface area contributed by atoms with Crippen LogP contribution in [0, 0.1) is 10.1 Å². The Bertz CT molecular complexity index is 1430. The molecule has 0 bridgehead atoms. The number of nitrogens with zero attached hydrogens (tertiary/aromatic N) is 2. The summed E-state index contributed by atoms with van der Waals surface area (Å²) in [5.41, 5.74) is 4.42. The zero-order chi connectivity index (χ0) is 24.2.